The minimum absolute atomic E-state index is 0.0763. The van der Waals surface area contributed by atoms with Gasteiger partial charge in [0.2, 0.25) is 6.43 Å². The molecule has 0 rings (SSSR count). The SMILES string of the molecule is CCC(=O)SCCCC(F)(F)C(F)CC(F)F. The first-order chi connectivity index (χ1) is 7.79. The predicted molar refractivity (Wildman–Crippen MR) is 57.5 cm³/mol. The summed E-state index contributed by atoms with van der Waals surface area (Å²) in [5, 5.41) is -0.127. The van der Waals surface area contributed by atoms with Crippen LogP contribution in [0.5, 0.6) is 0 Å². The van der Waals surface area contributed by atoms with E-state index in [1.54, 1.807) is 6.92 Å². The van der Waals surface area contributed by atoms with Gasteiger partial charge < -0.3 is 0 Å². The summed E-state index contributed by atoms with van der Waals surface area (Å²) in [7, 11) is 0. The van der Waals surface area contributed by atoms with Crippen molar-refractivity contribution in [3.63, 3.8) is 0 Å². The summed E-state index contributed by atoms with van der Waals surface area (Å²) in [5.41, 5.74) is 0. The molecule has 0 saturated carbocycles. The zero-order valence-corrected chi connectivity index (χ0v) is 10.2. The topological polar surface area (TPSA) is 17.1 Å². The van der Waals surface area contributed by atoms with E-state index in [4.69, 9.17) is 0 Å². The van der Waals surface area contributed by atoms with Gasteiger partial charge in [0, 0.05) is 25.0 Å². The maximum Gasteiger partial charge on any atom is 0.278 e. The van der Waals surface area contributed by atoms with Gasteiger partial charge in [0.25, 0.3) is 5.92 Å². The van der Waals surface area contributed by atoms with E-state index < -0.39 is 31.4 Å². The minimum Gasteiger partial charge on any atom is -0.287 e. The highest BCUT2D eigenvalue weighted by Gasteiger charge is 2.40. The van der Waals surface area contributed by atoms with Crippen LogP contribution in [-0.2, 0) is 4.79 Å². The molecule has 0 bridgehead atoms. The number of rotatable bonds is 8. The Morgan fingerprint density at radius 1 is 1.29 bits per heavy atom. The third-order valence-electron chi connectivity index (χ3n) is 2.05. The molecule has 1 unspecified atom stereocenters. The van der Waals surface area contributed by atoms with E-state index >= 15 is 0 Å². The van der Waals surface area contributed by atoms with Crippen LogP contribution in [0.2, 0.25) is 0 Å². The molecule has 0 saturated heterocycles. The maximum atomic E-state index is 13.0. The molecule has 1 nitrogen and oxygen atoms in total. The zero-order valence-electron chi connectivity index (χ0n) is 9.40. The second-order valence-corrected chi connectivity index (χ2v) is 4.69. The molecule has 0 aromatic heterocycles. The van der Waals surface area contributed by atoms with Crippen LogP contribution in [0.4, 0.5) is 22.0 Å². The third kappa shape index (κ3) is 7.57. The Hall–Kier alpha value is -0.330. The summed E-state index contributed by atoms with van der Waals surface area (Å²) in [6.07, 6.45) is -7.94. The molecule has 17 heavy (non-hydrogen) atoms. The fourth-order valence-electron chi connectivity index (χ4n) is 1.08. The molecular formula is C10H15F5OS. The van der Waals surface area contributed by atoms with Crippen LogP contribution >= 0.6 is 11.8 Å². The lowest BCUT2D eigenvalue weighted by Gasteiger charge is -2.20. The van der Waals surface area contributed by atoms with E-state index in [0.29, 0.717) is 6.42 Å². The highest BCUT2D eigenvalue weighted by molar-refractivity contribution is 8.13. The van der Waals surface area contributed by atoms with Crippen molar-refractivity contribution in [3.8, 4) is 0 Å². The van der Waals surface area contributed by atoms with Crippen LogP contribution in [0.1, 0.15) is 32.6 Å². The number of hydrogen-bond acceptors (Lipinski definition) is 2. The second-order valence-electron chi connectivity index (χ2n) is 3.53. The molecular weight excluding hydrogens is 263 g/mol. The van der Waals surface area contributed by atoms with Crippen molar-refractivity contribution in [1.29, 1.82) is 0 Å². The van der Waals surface area contributed by atoms with Gasteiger partial charge in [-0.05, 0) is 6.42 Å². The molecule has 7 heteroatoms. The second kappa shape index (κ2) is 7.89. The molecule has 0 N–H and O–H groups in total. The maximum absolute atomic E-state index is 13.0. The number of alkyl halides is 5. The van der Waals surface area contributed by atoms with Crippen LogP contribution in [0.25, 0.3) is 0 Å². The van der Waals surface area contributed by atoms with E-state index in [9.17, 15) is 26.7 Å². The van der Waals surface area contributed by atoms with E-state index in [2.05, 4.69) is 0 Å². The molecule has 1 atom stereocenters. The Kier molecular flexibility index (Phi) is 7.74. The Bertz CT molecular complexity index is 235. The molecule has 0 heterocycles. The summed E-state index contributed by atoms with van der Waals surface area (Å²) in [5.74, 6) is -3.59. The average molecular weight is 278 g/mol. The Balaban J connectivity index is 3.88. The van der Waals surface area contributed by atoms with E-state index in [1.165, 1.54) is 0 Å². The molecule has 0 aromatic carbocycles. The van der Waals surface area contributed by atoms with Crippen molar-refractivity contribution >= 4 is 16.9 Å². The number of hydrogen-bond donors (Lipinski definition) is 0. The summed E-state index contributed by atoms with van der Waals surface area (Å²) in [6.45, 7) is 1.64. The van der Waals surface area contributed by atoms with Gasteiger partial charge in [-0.2, -0.15) is 0 Å². The van der Waals surface area contributed by atoms with Crippen molar-refractivity contribution < 1.29 is 26.7 Å². The summed E-state index contributed by atoms with van der Waals surface area (Å²) in [6, 6.07) is 0. The first-order valence-corrected chi connectivity index (χ1v) is 6.23. The lowest BCUT2D eigenvalue weighted by Crippen LogP contribution is -2.31. The molecule has 0 radical (unpaired) electrons. The molecule has 102 valence electrons. The van der Waals surface area contributed by atoms with Crippen LogP contribution in [-0.4, -0.2) is 29.4 Å². The van der Waals surface area contributed by atoms with Crippen LogP contribution in [0.3, 0.4) is 0 Å². The average Bonchev–Trinajstić information content (AvgIpc) is 2.23. The number of halogens is 5. The van der Waals surface area contributed by atoms with Gasteiger partial charge in [0.15, 0.2) is 11.3 Å². The molecule has 0 amide bonds. The van der Waals surface area contributed by atoms with E-state index in [-0.39, 0.29) is 17.3 Å². The highest BCUT2D eigenvalue weighted by Crippen LogP contribution is 2.31. The summed E-state index contributed by atoms with van der Waals surface area (Å²) >= 11 is 0.900. The van der Waals surface area contributed by atoms with Gasteiger partial charge in [-0.1, -0.05) is 18.7 Å². The monoisotopic (exact) mass is 278 g/mol. The minimum atomic E-state index is -3.74. The van der Waals surface area contributed by atoms with Gasteiger partial charge >= 0.3 is 0 Å². The van der Waals surface area contributed by atoms with Crippen molar-refractivity contribution in [3.05, 3.63) is 0 Å². The van der Waals surface area contributed by atoms with Crippen molar-refractivity contribution in [2.45, 2.75) is 51.1 Å². The lowest BCUT2D eigenvalue weighted by molar-refractivity contribution is -0.110. The standard InChI is InChI=1S/C10H15F5OS/c1-2-9(16)17-5-3-4-10(14,15)7(11)6-8(12)13/h7-8H,2-6H2,1H3. The first kappa shape index (κ1) is 16.7. The van der Waals surface area contributed by atoms with Gasteiger partial charge in [-0.15, -0.1) is 0 Å². The summed E-state index contributed by atoms with van der Waals surface area (Å²) < 4.78 is 62.2. The molecule has 0 aliphatic rings. The largest absolute Gasteiger partial charge is 0.287 e. The molecule has 0 aliphatic heterocycles. The highest BCUT2D eigenvalue weighted by atomic mass is 32.2. The van der Waals surface area contributed by atoms with E-state index in [0.717, 1.165) is 11.8 Å². The van der Waals surface area contributed by atoms with Gasteiger partial charge in [0.05, 0.1) is 0 Å². The van der Waals surface area contributed by atoms with Gasteiger partial charge in [0.1, 0.15) is 0 Å². The van der Waals surface area contributed by atoms with Gasteiger partial charge in [-0.3, -0.25) is 4.79 Å². The Morgan fingerprint density at radius 2 is 1.88 bits per heavy atom. The molecule has 0 spiro atoms. The lowest BCUT2D eigenvalue weighted by atomic mass is 10.1. The van der Waals surface area contributed by atoms with Crippen LogP contribution < -0.4 is 0 Å². The quantitative estimate of drug-likeness (QED) is 0.492. The van der Waals surface area contributed by atoms with Crippen molar-refractivity contribution in [1.82, 2.24) is 0 Å². The van der Waals surface area contributed by atoms with Crippen molar-refractivity contribution in [2.75, 3.05) is 5.75 Å². The van der Waals surface area contributed by atoms with Crippen molar-refractivity contribution in [2.24, 2.45) is 0 Å². The molecule has 0 aliphatic carbocycles. The van der Waals surface area contributed by atoms with Crippen LogP contribution in [0, 0.1) is 0 Å². The number of carbonyl (C=O) groups is 1. The zero-order chi connectivity index (χ0) is 13.5. The summed E-state index contributed by atoms with van der Waals surface area (Å²) in [4.78, 5) is 10.8. The fraction of sp³-hybridized carbons (Fsp3) is 0.900. The van der Waals surface area contributed by atoms with Crippen LogP contribution in [0.15, 0.2) is 0 Å². The Morgan fingerprint density at radius 3 is 2.35 bits per heavy atom. The third-order valence-corrected chi connectivity index (χ3v) is 3.15. The predicted octanol–water partition coefficient (Wildman–Crippen LogP) is 4.07. The fourth-order valence-corrected chi connectivity index (χ4v) is 1.80. The number of carbonyl (C=O) groups excluding carboxylic acids is 1. The Labute approximate surface area is 101 Å². The van der Waals surface area contributed by atoms with Gasteiger partial charge in [-0.25, -0.2) is 22.0 Å². The normalized spacial score (nSPS) is 14.1. The first-order valence-electron chi connectivity index (χ1n) is 5.25. The number of thioether (sulfide) groups is 1. The molecule has 0 fully saturated rings. The molecule has 0 aromatic rings. The van der Waals surface area contributed by atoms with E-state index in [1.807, 2.05) is 0 Å². The smallest absolute Gasteiger partial charge is 0.278 e.